The van der Waals surface area contributed by atoms with Gasteiger partial charge in [-0.3, -0.25) is 4.79 Å². The fourth-order valence-electron chi connectivity index (χ4n) is 6.34. The van der Waals surface area contributed by atoms with E-state index in [4.69, 9.17) is 29.5 Å². The summed E-state index contributed by atoms with van der Waals surface area (Å²) in [6.45, 7) is 15.8. The van der Waals surface area contributed by atoms with E-state index >= 15 is 0 Å². The highest BCUT2D eigenvalue weighted by Crippen LogP contribution is 2.47. The summed E-state index contributed by atoms with van der Waals surface area (Å²) in [6, 6.07) is 0. The molecule has 10 heteroatoms. The number of hydrogen-bond donors (Lipinski definition) is 3. The molecule has 0 amide bonds. The lowest BCUT2D eigenvalue weighted by Gasteiger charge is -2.14. The minimum atomic E-state index is -1.86. The van der Waals surface area contributed by atoms with E-state index in [0.717, 1.165) is 44.3 Å². The van der Waals surface area contributed by atoms with Gasteiger partial charge in [-0.2, -0.15) is 9.78 Å². The zero-order valence-electron chi connectivity index (χ0n) is 25.4. The first-order valence-corrected chi connectivity index (χ1v) is 14.3. The average Bonchev–Trinajstić information content (AvgIpc) is 3.23. The highest BCUT2D eigenvalue weighted by atomic mass is 17.4. The molecule has 1 fully saturated rings. The number of ether oxygens (including phenoxy) is 1. The summed E-state index contributed by atoms with van der Waals surface area (Å²) in [6.07, 6.45) is 12.3. The monoisotopic (exact) mass is 602 g/mol. The Labute approximate surface area is 258 Å². The Bertz CT molecular complexity index is 2150. The molecule has 1 saturated heterocycles. The average molecular weight is 603 g/mol. The van der Waals surface area contributed by atoms with Gasteiger partial charge in [-0.25, -0.2) is 15.0 Å². The van der Waals surface area contributed by atoms with Crippen LogP contribution in [0.4, 0.5) is 0 Å². The van der Waals surface area contributed by atoms with Crippen LogP contribution in [0.15, 0.2) is 114 Å². The topological polar surface area (TPSA) is 145 Å². The maximum absolute atomic E-state index is 13.3. The second-order valence-electron chi connectivity index (χ2n) is 11.4. The van der Waals surface area contributed by atoms with Crippen molar-refractivity contribution in [3.63, 3.8) is 0 Å². The number of aliphatic hydroxyl groups excluding tert-OH is 1. The minimum absolute atomic E-state index is 0.170. The summed E-state index contributed by atoms with van der Waals surface area (Å²) in [5.41, 5.74) is 9.98. The number of carbonyl (C=O) groups excluding carboxylic acids is 1. The van der Waals surface area contributed by atoms with E-state index in [0.29, 0.717) is 50.8 Å². The first kappa shape index (κ1) is 28.6. The number of H-pyrrole nitrogens is 1. The Morgan fingerprint density at radius 3 is 2.33 bits per heavy atom. The van der Waals surface area contributed by atoms with Crippen molar-refractivity contribution in [2.45, 2.75) is 33.7 Å². The van der Waals surface area contributed by atoms with Crippen LogP contribution in [0, 0.1) is 12.8 Å². The molecule has 1 aromatic heterocycles. The van der Waals surface area contributed by atoms with Crippen molar-refractivity contribution < 1.29 is 29.5 Å². The van der Waals surface area contributed by atoms with Crippen molar-refractivity contribution >= 4 is 41.3 Å². The van der Waals surface area contributed by atoms with Crippen molar-refractivity contribution in [1.82, 2.24) is 4.98 Å². The Morgan fingerprint density at radius 1 is 0.978 bits per heavy atom. The quantitative estimate of drug-likeness (QED) is 0.265. The van der Waals surface area contributed by atoms with Crippen molar-refractivity contribution in [3.8, 4) is 0 Å². The van der Waals surface area contributed by atoms with Gasteiger partial charge in [0.1, 0.15) is 11.7 Å². The lowest BCUT2D eigenvalue weighted by atomic mass is 9.93. The third kappa shape index (κ3) is 4.21. The Kier molecular flexibility index (Phi) is 6.31. The van der Waals surface area contributed by atoms with Crippen LogP contribution in [0.25, 0.3) is 18.2 Å². The third-order valence-corrected chi connectivity index (χ3v) is 8.90. The number of hydrogen-bond acceptors (Lipinski definition) is 9. The van der Waals surface area contributed by atoms with Crippen molar-refractivity contribution in [3.05, 3.63) is 121 Å². The van der Waals surface area contributed by atoms with Gasteiger partial charge in [0.2, 0.25) is 0 Å². The number of carbonyl (C=O) groups is 1. The molecule has 1 atom stereocenters. The molecule has 8 bridgehead atoms. The molecule has 226 valence electrons. The van der Waals surface area contributed by atoms with Crippen molar-refractivity contribution in [1.29, 1.82) is 0 Å². The molecular formula is C35H30N4O6. The fourth-order valence-corrected chi connectivity index (χ4v) is 6.34. The van der Waals surface area contributed by atoms with Gasteiger partial charge in [-0.15, -0.1) is 0 Å². The Balaban J connectivity index is 1.60. The van der Waals surface area contributed by atoms with Gasteiger partial charge in [0.25, 0.3) is 0 Å². The van der Waals surface area contributed by atoms with Crippen molar-refractivity contribution in [2.75, 3.05) is 7.11 Å². The second-order valence-corrected chi connectivity index (χ2v) is 11.4. The van der Waals surface area contributed by atoms with Crippen LogP contribution in [0.1, 0.15) is 31.9 Å². The van der Waals surface area contributed by atoms with Gasteiger partial charge in [0.15, 0.2) is 0 Å². The van der Waals surface area contributed by atoms with Gasteiger partial charge in [0, 0.05) is 44.6 Å². The molecule has 0 unspecified atom stereocenters. The predicted molar refractivity (Wildman–Crippen MR) is 171 cm³/mol. The molecule has 0 saturated carbocycles. The van der Waals surface area contributed by atoms with Gasteiger partial charge >= 0.3 is 11.9 Å². The number of nitrogens with zero attached hydrogens (tertiary/aromatic N) is 3. The number of fused-ring (bicyclic) bond motifs is 5. The first-order valence-electron chi connectivity index (χ1n) is 14.3. The van der Waals surface area contributed by atoms with E-state index in [1.54, 1.807) is 18.2 Å². The maximum Gasteiger partial charge on any atom is 0.358 e. The molecule has 3 N–H and O–H groups in total. The molecule has 1 aromatic rings. The summed E-state index contributed by atoms with van der Waals surface area (Å²) >= 11 is 0. The van der Waals surface area contributed by atoms with E-state index in [9.17, 15) is 15.0 Å². The number of aliphatic hydroxyl groups is 2. The van der Waals surface area contributed by atoms with Crippen LogP contribution in [0.3, 0.4) is 0 Å². The van der Waals surface area contributed by atoms with Crippen molar-refractivity contribution in [2.24, 2.45) is 20.9 Å². The molecule has 0 aromatic carbocycles. The smallest absolute Gasteiger partial charge is 0.358 e. The number of aromatic amines is 1. The molecule has 6 heterocycles. The van der Waals surface area contributed by atoms with Crippen LogP contribution >= 0.6 is 0 Å². The van der Waals surface area contributed by atoms with Crippen LogP contribution in [-0.4, -0.2) is 51.4 Å². The Hall–Kier alpha value is -5.16. The van der Waals surface area contributed by atoms with Crippen LogP contribution in [0.5, 0.6) is 0 Å². The number of esters is 1. The van der Waals surface area contributed by atoms with Gasteiger partial charge in [0.05, 0.1) is 41.3 Å². The molecule has 10 nitrogen and oxygen atoms in total. The molecular weight excluding hydrogens is 572 g/mol. The van der Waals surface area contributed by atoms with Gasteiger partial charge in [-0.1, -0.05) is 25.3 Å². The summed E-state index contributed by atoms with van der Waals surface area (Å²) < 4.78 is 5.15. The number of methoxy groups -OCH3 is 1. The number of rotatable bonds is 5. The first-order chi connectivity index (χ1) is 21.5. The zero-order chi connectivity index (χ0) is 31.9. The van der Waals surface area contributed by atoms with Gasteiger partial charge in [-0.05, 0) is 74.3 Å². The molecule has 7 rings (SSSR count). The van der Waals surface area contributed by atoms with Crippen LogP contribution in [0.2, 0.25) is 0 Å². The molecule has 6 aliphatic rings. The summed E-state index contributed by atoms with van der Waals surface area (Å²) in [5.74, 6) is -3.85. The number of nitrogens with one attached hydrogen (secondary N) is 1. The fraction of sp³-hybridized carbons (Fsp3) is 0.200. The van der Waals surface area contributed by atoms with Crippen LogP contribution < -0.4 is 10.7 Å². The number of aliphatic imine (C=N–C) groups is 3. The van der Waals surface area contributed by atoms with E-state index < -0.39 is 17.9 Å². The lowest BCUT2D eigenvalue weighted by Crippen LogP contribution is -2.20. The highest BCUT2D eigenvalue weighted by Gasteiger charge is 2.48. The standard InChI is InChI=1S/C35H30N4O6/c1-8-19-15(3)22-12-24-17(5)21(10-11-35(42)44-45-35)31(38-24)29-30(34(41)43-7)33(40)28-18(6)25(39-32(28)29)14-27-20(9-2)16(4)23(37-27)13-26(19)36-22/h8-14,30,36,40,42H,1-2H2,3-7H3/b11-10+,22-12?,26-13?,27-14?,31-29?/t30-/m1/s1. The molecule has 5 aliphatic heterocycles. The lowest BCUT2D eigenvalue weighted by molar-refractivity contribution is -0.143. The zero-order valence-corrected chi connectivity index (χ0v) is 25.4. The van der Waals surface area contributed by atoms with Gasteiger partial charge < -0.3 is 19.9 Å². The van der Waals surface area contributed by atoms with E-state index in [1.807, 2.05) is 45.9 Å². The molecule has 1 aliphatic carbocycles. The summed E-state index contributed by atoms with van der Waals surface area (Å²) in [5, 5.41) is 23.5. The normalized spacial score (nSPS) is 22.9. The predicted octanol–water partition coefficient (Wildman–Crippen LogP) is 3.91. The summed E-state index contributed by atoms with van der Waals surface area (Å²) in [7, 11) is 1.27. The van der Waals surface area contributed by atoms with E-state index in [1.165, 1.54) is 13.2 Å². The Morgan fingerprint density at radius 2 is 1.67 bits per heavy atom. The highest BCUT2D eigenvalue weighted by molar-refractivity contribution is 6.28. The van der Waals surface area contributed by atoms with Crippen LogP contribution in [-0.2, 0) is 19.3 Å². The minimum Gasteiger partial charge on any atom is -0.510 e. The molecule has 0 spiro atoms. The molecule has 45 heavy (non-hydrogen) atoms. The van der Waals surface area contributed by atoms with E-state index in [2.05, 4.69) is 18.1 Å². The maximum atomic E-state index is 13.3. The largest absolute Gasteiger partial charge is 0.510 e. The number of aromatic nitrogens is 1. The second kappa shape index (κ2) is 9.93. The number of allylic oxidation sites excluding steroid dienone is 7. The molecule has 0 radical (unpaired) electrons. The summed E-state index contributed by atoms with van der Waals surface area (Å²) in [4.78, 5) is 41.1. The van der Waals surface area contributed by atoms with E-state index in [-0.39, 0.29) is 5.76 Å². The third-order valence-electron chi connectivity index (χ3n) is 8.90. The SMILES string of the molecule is C=CC1=C(C)C2=NC1=CC1=C(C)C3=C(O)[C@H](C(=O)OC)C(=C4N=C(C=c5[nH]c(c(C=C)c5C)=C2)C(C)=C4/C=C/C2(O)OO2)C3=N1.